The maximum absolute atomic E-state index is 11.3. The number of nitrogens with two attached hydrogens (primary N) is 1. The third-order valence-corrected chi connectivity index (χ3v) is 2.55. The second kappa shape index (κ2) is 3.30. The van der Waals surface area contributed by atoms with Gasteiger partial charge in [-0.25, -0.2) is 0 Å². The number of carbonyl (C=O) groups is 1. The molecule has 1 rings (SSSR count). The van der Waals surface area contributed by atoms with Gasteiger partial charge in [0.05, 0.1) is 0 Å². The zero-order chi connectivity index (χ0) is 9.19. The lowest BCUT2D eigenvalue weighted by Gasteiger charge is -2.37. The average molecular weight is 167 g/mol. The van der Waals surface area contributed by atoms with Crippen molar-refractivity contribution in [2.24, 2.45) is 11.1 Å². The van der Waals surface area contributed by atoms with E-state index in [1.165, 1.54) is 19.3 Å². The highest BCUT2D eigenvalue weighted by atomic mass is 16.1. The molecule has 0 aliphatic heterocycles. The van der Waals surface area contributed by atoms with Gasteiger partial charge in [-0.1, -0.05) is 13.3 Å². The largest absolute Gasteiger partial charge is 0.402 e. The summed E-state index contributed by atoms with van der Waals surface area (Å²) in [5.74, 6) is 0.178. The smallest absolute Gasteiger partial charge is 0.157 e. The lowest BCUT2D eigenvalue weighted by atomic mass is 9.67. The number of hydrogen-bond donors (Lipinski definition) is 1. The van der Waals surface area contributed by atoms with E-state index in [1.54, 1.807) is 13.0 Å². The van der Waals surface area contributed by atoms with E-state index in [9.17, 15) is 4.79 Å². The molecule has 1 aliphatic rings. The van der Waals surface area contributed by atoms with Crippen LogP contribution in [0.1, 0.15) is 39.5 Å². The molecule has 0 spiro atoms. The first-order valence-electron chi connectivity index (χ1n) is 4.48. The molecule has 0 radical (unpaired) electrons. The monoisotopic (exact) mass is 167 g/mol. The van der Waals surface area contributed by atoms with Crippen molar-refractivity contribution in [2.75, 3.05) is 0 Å². The van der Waals surface area contributed by atoms with Gasteiger partial charge in [-0.15, -0.1) is 0 Å². The first-order valence-corrected chi connectivity index (χ1v) is 4.48. The number of hydrogen-bond acceptors (Lipinski definition) is 2. The van der Waals surface area contributed by atoms with Crippen LogP contribution in [-0.2, 0) is 4.79 Å². The minimum atomic E-state index is 0.178. The highest BCUT2D eigenvalue weighted by molar-refractivity contribution is 5.90. The summed E-state index contributed by atoms with van der Waals surface area (Å²) in [6, 6.07) is 0. The molecule has 0 aromatic carbocycles. The van der Waals surface area contributed by atoms with Gasteiger partial charge in [0, 0.05) is 12.1 Å². The number of rotatable bonds is 3. The van der Waals surface area contributed by atoms with E-state index in [0.29, 0.717) is 12.1 Å². The first-order chi connectivity index (χ1) is 5.52. The highest BCUT2D eigenvalue weighted by Crippen LogP contribution is 2.43. The fourth-order valence-corrected chi connectivity index (χ4v) is 1.68. The van der Waals surface area contributed by atoms with Gasteiger partial charge in [-0.2, -0.15) is 0 Å². The molecular formula is C10H17NO. The molecule has 1 fully saturated rings. The Hall–Kier alpha value is -0.790. The quantitative estimate of drug-likeness (QED) is 0.653. The van der Waals surface area contributed by atoms with E-state index in [1.807, 2.05) is 0 Å². The predicted octanol–water partition coefficient (Wildman–Crippen LogP) is 2.00. The van der Waals surface area contributed by atoms with Gasteiger partial charge >= 0.3 is 0 Å². The Kier molecular flexibility index (Phi) is 2.55. The van der Waals surface area contributed by atoms with Crippen LogP contribution in [-0.4, -0.2) is 5.78 Å². The van der Waals surface area contributed by atoms with Gasteiger partial charge in [-0.3, -0.25) is 4.79 Å². The van der Waals surface area contributed by atoms with Crippen LogP contribution in [0.25, 0.3) is 0 Å². The fourth-order valence-electron chi connectivity index (χ4n) is 1.68. The van der Waals surface area contributed by atoms with Crippen LogP contribution in [0.4, 0.5) is 0 Å². The Balaban J connectivity index is 2.41. The molecule has 2 heteroatoms. The lowest BCUT2D eigenvalue weighted by Crippen LogP contribution is -2.28. The van der Waals surface area contributed by atoms with Gasteiger partial charge in [0.25, 0.3) is 0 Å². The Morgan fingerprint density at radius 1 is 1.58 bits per heavy atom. The van der Waals surface area contributed by atoms with Crippen molar-refractivity contribution in [1.82, 2.24) is 0 Å². The van der Waals surface area contributed by atoms with Crippen molar-refractivity contribution in [3.63, 3.8) is 0 Å². The van der Waals surface area contributed by atoms with Crippen molar-refractivity contribution in [1.29, 1.82) is 0 Å². The standard InChI is InChI=1S/C10H17NO/c1-8(11)6-9(12)7-10(2)4-3-5-10/h6H,3-5,7,11H2,1-2H3/b8-6-. The molecule has 0 aromatic rings. The summed E-state index contributed by atoms with van der Waals surface area (Å²) in [7, 11) is 0. The van der Waals surface area contributed by atoms with Crippen LogP contribution in [0.5, 0.6) is 0 Å². The predicted molar refractivity (Wildman–Crippen MR) is 49.5 cm³/mol. The van der Waals surface area contributed by atoms with E-state index in [2.05, 4.69) is 6.92 Å². The van der Waals surface area contributed by atoms with Crippen LogP contribution >= 0.6 is 0 Å². The molecule has 0 atom stereocenters. The fraction of sp³-hybridized carbons (Fsp3) is 0.700. The summed E-state index contributed by atoms with van der Waals surface area (Å²) in [5, 5.41) is 0. The van der Waals surface area contributed by atoms with E-state index in [0.717, 1.165) is 0 Å². The molecule has 2 nitrogen and oxygen atoms in total. The van der Waals surface area contributed by atoms with Crippen molar-refractivity contribution in [3.8, 4) is 0 Å². The van der Waals surface area contributed by atoms with Crippen LogP contribution in [0.2, 0.25) is 0 Å². The summed E-state index contributed by atoms with van der Waals surface area (Å²) >= 11 is 0. The van der Waals surface area contributed by atoms with E-state index < -0.39 is 0 Å². The molecule has 0 aromatic heterocycles. The molecule has 1 saturated carbocycles. The number of ketones is 1. The second-order valence-electron chi connectivity index (χ2n) is 4.20. The van der Waals surface area contributed by atoms with Crippen LogP contribution in [0.15, 0.2) is 11.8 Å². The third-order valence-electron chi connectivity index (χ3n) is 2.55. The summed E-state index contributed by atoms with van der Waals surface area (Å²) < 4.78 is 0. The summed E-state index contributed by atoms with van der Waals surface area (Å²) in [4.78, 5) is 11.3. The summed E-state index contributed by atoms with van der Waals surface area (Å²) in [6.07, 6.45) is 5.87. The third kappa shape index (κ3) is 2.36. The molecule has 2 N–H and O–H groups in total. The maximum Gasteiger partial charge on any atom is 0.157 e. The molecule has 0 saturated heterocycles. The summed E-state index contributed by atoms with van der Waals surface area (Å²) in [5.41, 5.74) is 6.31. The molecule has 12 heavy (non-hydrogen) atoms. The number of carbonyl (C=O) groups excluding carboxylic acids is 1. The lowest BCUT2D eigenvalue weighted by molar-refractivity contribution is -0.117. The van der Waals surface area contributed by atoms with Gasteiger partial charge in [0.2, 0.25) is 0 Å². The van der Waals surface area contributed by atoms with Crippen molar-refractivity contribution in [2.45, 2.75) is 39.5 Å². The topological polar surface area (TPSA) is 43.1 Å². The minimum Gasteiger partial charge on any atom is -0.402 e. The van der Waals surface area contributed by atoms with E-state index >= 15 is 0 Å². The van der Waals surface area contributed by atoms with Crippen LogP contribution < -0.4 is 5.73 Å². The van der Waals surface area contributed by atoms with Gasteiger partial charge in [0.1, 0.15) is 0 Å². The van der Waals surface area contributed by atoms with Crippen LogP contribution in [0.3, 0.4) is 0 Å². The number of allylic oxidation sites excluding steroid dienone is 2. The van der Waals surface area contributed by atoms with Crippen LogP contribution in [0, 0.1) is 5.41 Å². The second-order valence-corrected chi connectivity index (χ2v) is 4.20. The zero-order valence-electron chi connectivity index (χ0n) is 7.89. The molecular weight excluding hydrogens is 150 g/mol. The molecule has 68 valence electrons. The van der Waals surface area contributed by atoms with E-state index in [4.69, 9.17) is 5.73 Å². The summed E-state index contributed by atoms with van der Waals surface area (Å²) in [6.45, 7) is 3.93. The SMILES string of the molecule is C/C(N)=C/C(=O)CC1(C)CCC1. The van der Waals surface area contributed by atoms with Gasteiger partial charge < -0.3 is 5.73 Å². The zero-order valence-corrected chi connectivity index (χ0v) is 7.89. The maximum atomic E-state index is 11.3. The Morgan fingerprint density at radius 2 is 2.17 bits per heavy atom. The average Bonchev–Trinajstić information content (AvgIpc) is 1.81. The molecule has 0 heterocycles. The van der Waals surface area contributed by atoms with Crippen molar-refractivity contribution < 1.29 is 4.79 Å². The van der Waals surface area contributed by atoms with Gasteiger partial charge in [-0.05, 0) is 31.3 Å². The molecule has 0 amide bonds. The minimum absolute atomic E-state index is 0.178. The Morgan fingerprint density at radius 3 is 2.50 bits per heavy atom. The van der Waals surface area contributed by atoms with Crippen molar-refractivity contribution >= 4 is 5.78 Å². The Labute approximate surface area is 73.8 Å². The van der Waals surface area contributed by atoms with Crippen molar-refractivity contribution in [3.05, 3.63) is 11.8 Å². The molecule has 0 unspecified atom stereocenters. The highest BCUT2D eigenvalue weighted by Gasteiger charge is 2.33. The van der Waals surface area contributed by atoms with Gasteiger partial charge in [0.15, 0.2) is 5.78 Å². The molecule has 1 aliphatic carbocycles. The Bertz CT molecular complexity index is 210. The normalized spacial score (nSPS) is 21.7. The molecule has 0 bridgehead atoms. The first kappa shape index (κ1) is 9.30. The van der Waals surface area contributed by atoms with E-state index in [-0.39, 0.29) is 11.2 Å².